The molecule has 0 aromatic rings. The van der Waals surface area contributed by atoms with Gasteiger partial charge in [0.05, 0.1) is 0 Å². The van der Waals surface area contributed by atoms with Gasteiger partial charge in [-0.1, -0.05) is 20.3 Å². The van der Waals surface area contributed by atoms with Crippen LogP contribution in [0.2, 0.25) is 0 Å². The average Bonchev–Trinajstić information content (AvgIpc) is 2.05. The summed E-state index contributed by atoms with van der Waals surface area (Å²) in [6.45, 7) is 9.05. The Hall–Kier alpha value is -0.0800. The molecule has 0 spiro atoms. The minimum Gasteiger partial charge on any atom is -0.311 e. The number of nitrogens with one attached hydrogen (secondary N) is 2. The lowest BCUT2D eigenvalue weighted by Crippen LogP contribution is -2.55. The zero-order valence-corrected chi connectivity index (χ0v) is 7.85. The maximum Gasteiger partial charge on any atom is 0.0218 e. The fourth-order valence-electron chi connectivity index (χ4n) is 1.49. The third-order valence-electron chi connectivity index (χ3n) is 2.70. The monoisotopic (exact) mass is 156 g/mol. The first kappa shape index (κ1) is 9.01. The highest BCUT2D eigenvalue weighted by atomic mass is 15.1. The second-order valence-electron chi connectivity index (χ2n) is 3.71. The average molecular weight is 156 g/mol. The molecule has 0 aliphatic carbocycles. The smallest absolute Gasteiger partial charge is 0.0218 e. The normalized spacial score (nSPS) is 35.2. The van der Waals surface area contributed by atoms with Gasteiger partial charge in [-0.2, -0.15) is 0 Å². The van der Waals surface area contributed by atoms with Crippen LogP contribution in [0, 0.1) is 5.92 Å². The largest absolute Gasteiger partial charge is 0.311 e. The van der Waals surface area contributed by atoms with Crippen LogP contribution in [0.25, 0.3) is 0 Å². The zero-order chi connectivity index (χ0) is 8.27. The van der Waals surface area contributed by atoms with Gasteiger partial charge in [0.25, 0.3) is 0 Å². The Bertz CT molecular complexity index is 106. The number of rotatable bonds is 2. The van der Waals surface area contributed by atoms with Crippen molar-refractivity contribution in [2.75, 3.05) is 13.1 Å². The molecule has 1 rings (SSSR count). The van der Waals surface area contributed by atoms with E-state index in [9.17, 15) is 0 Å². The Morgan fingerprint density at radius 1 is 1.36 bits per heavy atom. The third kappa shape index (κ3) is 2.46. The summed E-state index contributed by atoms with van der Waals surface area (Å²) >= 11 is 0. The van der Waals surface area contributed by atoms with E-state index in [0.717, 1.165) is 19.0 Å². The predicted molar refractivity (Wildman–Crippen MR) is 48.7 cm³/mol. The molecule has 0 amide bonds. The third-order valence-corrected chi connectivity index (χ3v) is 2.70. The molecule has 3 atom stereocenters. The Labute approximate surface area is 69.8 Å². The van der Waals surface area contributed by atoms with Gasteiger partial charge in [0.1, 0.15) is 0 Å². The van der Waals surface area contributed by atoms with Gasteiger partial charge in [-0.05, 0) is 12.8 Å². The zero-order valence-electron chi connectivity index (χ0n) is 7.85. The van der Waals surface area contributed by atoms with E-state index in [-0.39, 0.29) is 0 Å². The van der Waals surface area contributed by atoms with Crippen molar-refractivity contribution in [3.63, 3.8) is 0 Å². The molecule has 1 aliphatic rings. The van der Waals surface area contributed by atoms with Crippen molar-refractivity contribution in [3.05, 3.63) is 0 Å². The molecule has 0 aromatic carbocycles. The number of hydrogen-bond acceptors (Lipinski definition) is 2. The van der Waals surface area contributed by atoms with Crippen molar-refractivity contribution in [3.8, 4) is 0 Å². The van der Waals surface area contributed by atoms with E-state index in [2.05, 4.69) is 31.4 Å². The van der Waals surface area contributed by atoms with Crippen LogP contribution < -0.4 is 10.6 Å². The summed E-state index contributed by atoms with van der Waals surface area (Å²) in [4.78, 5) is 0. The molecule has 3 unspecified atom stereocenters. The van der Waals surface area contributed by atoms with Crippen LogP contribution in [0.3, 0.4) is 0 Å². The molecule has 1 heterocycles. The van der Waals surface area contributed by atoms with Crippen LogP contribution in [-0.4, -0.2) is 25.2 Å². The van der Waals surface area contributed by atoms with Gasteiger partial charge in [0.15, 0.2) is 0 Å². The summed E-state index contributed by atoms with van der Waals surface area (Å²) in [5.74, 6) is 0.801. The maximum atomic E-state index is 3.56. The van der Waals surface area contributed by atoms with E-state index in [4.69, 9.17) is 0 Å². The molecule has 11 heavy (non-hydrogen) atoms. The van der Waals surface area contributed by atoms with Gasteiger partial charge in [-0.3, -0.25) is 0 Å². The van der Waals surface area contributed by atoms with E-state index in [0.29, 0.717) is 12.1 Å². The molecule has 1 saturated heterocycles. The van der Waals surface area contributed by atoms with Crippen LogP contribution >= 0.6 is 0 Å². The van der Waals surface area contributed by atoms with E-state index >= 15 is 0 Å². The molecule has 0 radical (unpaired) electrons. The Morgan fingerprint density at radius 3 is 2.55 bits per heavy atom. The highest BCUT2D eigenvalue weighted by Gasteiger charge is 2.20. The summed E-state index contributed by atoms with van der Waals surface area (Å²) in [5, 5.41) is 7.04. The lowest BCUT2D eigenvalue weighted by Gasteiger charge is -2.32. The quantitative estimate of drug-likeness (QED) is 0.623. The second-order valence-corrected chi connectivity index (χ2v) is 3.71. The van der Waals surface area contributed by atoms with Crippen molar-refractivity contribution < 1.29 is 0 Å². The van der Waals surface area contributed by atoms with Gasteiger partial charge in [-0.15, -0.1) is 0 Å². The molecular formula is C9H20N2. The second kappa shape index (κ2) is 4.07. The summed E-state index contributed by atoms with van der Waals surface area (Å²) in [5.41, 5.74) is 0. The minimum atomic E-state index is 0.648. The van der Waals surface area contributed by atoms with Crippen molar-refractivity contribution >= 4 is 0 Å². The van der Waals surface area contributed by atoms with Gasteiger partial charge in [0, 0.05) is 25.2 Å². The lowest BCUT2D eigenvalue weighted by atomic mass is 9.97. The SMILES string of the molecule is CCC(C)C1CNC(C)CN1. The van der Waals surface area contributed by atoms with Crippen LogP contribution in [0.15, 0.2) is 0 Å². The van der Waals surface area contributed by atoms with Crippen LogP contribution in [-0.2, 0) is 0 Å². The first-order chi connectivity index (χ1) is 5.24. The Balaban J connectivity index is 2.27. The molecule has 2 heteroatoms. The fourth-order valence-corrected chi connectivity index (χ4v) is 1.49. The first-order valence-corrected chi connectivity index (χ1v) is 4.70. The Kier molecular flexibility index (Phi) is 3.34. The van der Waals surface area contributed by atoms with Crippen molar-refractivity contribution in [2.24, 2.45) is 5.92 Å². The molecule has 0 bridgehead atoms. The molecule has 1 fully saturated rings. The standard InChI is InChI=1S/C9H20N2/c1-4-7(2)9-6-10-8(3)5-11-9/h7-11H,4-6H2,1-3H3. The topological polar surface area (TPSA) is 24.1 Å². The van der Waals surface area contributed by atoms with Crippen molar-refractivity contribution in [2.45, 2.75) is 39.3 Å². The number of hydrogen-bond donors (Lipinski definition) is 2. The van der Waals surface area contributed by atoms with Crippen molar-refractivity contribution in [1.82, 2.24) is 10.6 Å². The summed E-state index contributed by atoms with van der Waals surface area (Å²) in [6.07, 6.45) is 1.27. The fraction of sp³-hybridized carbons (Fsp3) is 1.00. The van der Waals surface area contributed by atoms with Gasteiger partial charge < -0.3 is 10.6 Å². The van der Waals surface area contributed by atoms with Crippen LogP contribution in [0.4, 0.5) is 0 Å². The van der Waals surface area contributed by atoms with E-state index in [1.165, 1.54) is 6.42 Å². The highest BCUT2D eigenvalue weighted by Crippen LogP contribution is 2.08. The Morgan fingerprint density at radius 2 is 2.09 bits per heavy atom. The predicted octanol–water partition coefficient (Wildman–Crippen LogP) is 0.982. The van der Waals surface area contributed by atoms with Crippen LogP contribution in [0.1, 0.15) is 27.2 Å². The van der Waals surface area contributed by atoms with E-state index in [1.54, 1.807) is 0 Å². The maximum absolute atomic E-state index is 3.56. The first-order valence-electron chi connectivity index (χ1n) is 4.70. The number of piperazine rings is 1. The molecule has 66 valence electrons. The molecule has 2 N–H and O–H groups in total. The summed E-state index contributed by atoms with van der Waals surface area (Å²) < 4.78 is 0. The molecule has 0 saturated carbocycles. The molecule has 1 aliphatic heterocycles. The molecule has 0 aromatic heterocycles. The minimum absolute atomic E-state index is 0.648. The summed E-state index contributed by atoms with van der Waals surface area (Å²) in [6, 6.07) is 1.34. The van der Waals surface area contributed by atoms with Gasteiger partial charge >= 0.3 is 0 Å². The van der Waals surface area contributed by atoms with Gasteiger partial charge in [-0.25, -0.2) is 0 Å². The lowest BCUT2D eigenvalue weighted by molar-refractivity contribution is 0.286. The van der Waals surface area contributed by atoms with Crippen molar-refractivity contribution in [1.29, 1.82) is 0 Å². The summed E-state index contributed by atoms with van der Waals surface area (Å²) in [7, 11) is 0. The highest BCUT2D eigenvalue weighted by molar-refractivity contribution is 4.83. The van der Waals surface area contributed by atoms with Crippen LogP contribution in [0.5, 0.6) is 0 Å². The molecule has 2 nitrogen and oxygen atoms in total. The molecular weight excluding hydrogens is 136 g/mol. The van der Waals surface area contributed by atoms with Gasteiger partial charge in [0.2, 0.25) is 0 Å². The van der Waals surface area contributed by atoms with E-state index in [1.807, 2.05) is 0 Å². The van der Waals surface area contributed by atoms with E-state index < -0.39 is 0 Å².